The molecular formula is C25H44O2Si. The molecule has 0 saturated carbocycles. The summed E-state index contributed by atoms with van der Waals surface area (Å²) in [5.41, 5.74) is 1.30. The fourth-order valence-corrected chi connectivity index (χ4v) is 6.61. The molecule has 0 aliphatic rings. The molecule has 1 N–H and O–H groups in total. The van der Waals surface area contributed by atoms with Gasteiger partial charge in [-0.1, -0.05) is 95.9 Å². The molecule has 3 heteroatoms. The summed E-state index contributed by atoms with van der Waals surface area (Å²) in [6.07, 6.45) is 13.1. The Bertz CT molecular complexity index is 502. The summed E-state index contributed by atoms with van der Waals surface area (Å²) in [5.74, 6) is 0. The summed E-state index contributed by atoms with van der Waals surface area (Å²) in [6.45, 7) is 9.15. The van der Waals surface area contributed by atoms with Gasteiger partial charge in [-0.05, 0) is 49.4 Å². The highest BCUT2D eigenvalue weighted by atomic mass is 28.4. The van der Waals surface area contributed by atoms with Crippen LogP contribution in [-0.2, 0) is 10.8 Å². The first-order valence-corrected chi connectivity index (χ1v) is 14.2. The Hall–Kier alpha value is -0.903. The first-order valence-electron chi connectivity index (χ1n) is 11.7. The number of aliphatic hydroxyl groups excluding tert-OH is 1. The van der Waals surface area contributed by atoms with Gasteiger partial charge in [0, 0.05) is 0 Å². The summed E-state index contributed by atoms with van der Waals surface area (Å²) < 4.78 is 6.75. The molecule has 0 amide bonds. The van der Waals surface area contributed by atoms with Crippen molar-refractivity contribution in [1.82, 2.24) is 0 Å². The van der Waals surface area contributed by atoms with E-state index >= 15 is 0 Å². The third-order valence-corrected chi connectivity index (χ3v) is 10.7. The first kappa shape index (κ1) is 25.1. The van der Waals surface area contributed by atoms with Crippen molar-refractivity contribution in [1.29, 1.82) is 0 Å². The molecule has 160 valence electrons. The van der Waals surface area contributed by atoms with Gasteiger partial charge in [0.15, 0.2) is 8.32 Å². The van der Waals surface area contributed by atoms with Crippen molar-refractivity contribution < 1.29 is 9.53 Å². The number of aliphatic hydroxyl groups is 1. The number of hydrogen-bond acceptors (Lipinski definition) is 2. The summed E-state index contributed by atoms with van der Waals surface area (Å²) >= 11 is 0. The minimum absolute atomic E-state index is 0.227. The molecule has 0 saturated heterocycles. The van der Waals surface area contributed by atoms with Gasteiger partial charge in [0.25, 0.3) is 0 Å². The fraction of sp³-hybridized carbons (Fsp3) is 0.680. The second-order valence-electron chi connectivity index (χ2n) is 8.09. The maximum atomic E-state index is 10.4. The zero-order chi connectivity index (χ0) is 20.7. The SMILES string of the molecule is CCCCCC[C@@H](/C=C/C[C@@H](O)CCc1ccccc1)O[Si](CC)(CC)CC. The number of hydrogen-bond donors (Lipinski definition) is 1. The smallest absolute Gasteiger partial charge is 0.192 e. The predicted molar refractivity (Wildman–Crippen MR) is 125 cm³/mol. The standard InChI is InChI=1S/C25H44O2Si/c1-5-9-10-14-19-25(27-28(6-2,7-3)8-4)20-15-18-24(26)22-21-23-16-12-11-13-17-23/h11-13,15-17,20,24-26H,5-10,14,18-19,21-22H2,1-4H3/b20-15+/t24-,25+/m1/s1. The second kappa shape index (κ2) is 15.0. The molecule has 0 aromatic heterocycles. The van der Waals surface area contributed by atoms with Crippen LogP contribution in [0.1, 0.15) is 78.2 Å². The Morgan fingerprint density at radius 2 is 1.61 bits per heavy atom. The van der Waals surface area contributed by atoms with Gasteiger partial charge in [-0.2, -0.15) is 0 Å². The van der Waals surface area contributed by atoms with Crippen LogP contribution in [0, 0.1) is 0 Å². The van der Waals surface area contributed by atoms with E-state index in [0.29, 0.717) is 0 Å². The lowest BCUT2D eigenvalue weighted by Crippen LogP contribution is -2.39. The fourth-order valence-electron chi connectivity index (χ4n) is 3.77. The lowest BCUT2D eigenvalue weighted by atomic mass is 10.0. The molecule has 2 nitrogen and oxygen atoms in total. The third kappa shape index (κ3) is 10.0. The van der Waals surface area contributed by atoms with E-state index in [1.54, 1.807) is 0 Å². The third-order valence-electron chi connectivity index (χ3n) is 6.04. The maximum absolute atomic E-state index is 10.4. The molecule has 0 spiro atoms. The summed E-state index contributed by atoms with van der Waals surface area (Å²) in [6, 6.07) is 14.0. The van der Waals surface area contributed by atoms with E-state index in [1.807, 2.05) is 6.07 Å². The van der Waals surface area contributed by atoms with Crippen LogP contribution in [0.25, 0.3) is 0 Å². The quantitative estimate of drug-likeness (QED) is 0.178. The molecule has 1 aromatic carbocycles. The Morgan fingerprint density at radius 3 is 2.21 bits per heavy atom. The van der Waals surface area contributed by atoms with Crippen LogP contribution in [-0.4, -0.2) is 25.6 Å². The van der Waals surface area contributed by atoms with Gasteiger partial charge in [-0.15, -0.1) is 0 Å². The number of rotatable bonds is 16. The van der Waals surface area contributed by atoms with Crippen molar-refractivity contribution in [2.75, 3.05) is 0 Å². The molecule has 0 radical (unpaired) electrons. The largest absolute Gasteiger partial charge is 0.411 e. The maximum Gasteiger partial charge on any atom is 0.192 e. The molecule has 1 aromatic rings. The van der Waals surface area contributed by atoms with Crippen LogP contribution in [0.15, 0.2) is 42.5 Å². The molecule has 0 aliphatic carbocycles. The molecule has 0 bridgehead atoms. The predicted octanol–water partition coefficient (Wildman–Crippen LogP) is 7.29. The first-order chi connectivity index (χ1) is 13.6. The van der Waals surface area contributed by atoms with E-state index in [4.69, 9.17) is 4.43 Å². The molecule has 2 atom stereocenters. The molecule has 1 rings (SSSR count). The van der Waals surface area contributed by atoms with Crippen molar-refractivity contribution >= 4 is 8.32 Å². The number of unbranched alkanes of at least 4 members (excludes halogenated alkanes) is 3. The lowest BCUT2D eigenvalue weighted by molar-refractivity contribution is 0.167. The van der Waals surface area contributed by atoms with Crippen molar-refractivity contribution in [3.63, 3.8) is 0 Å². The van der Waals surface area contributed by atoms with Crippen LogP contribution in [0.2, 0.25) is 18.1 Å². The average molecular weight is 405 g/mol. The minimum Gasteiger partial charge on any atom is -0.411 e. The molecule has 28 heavy (non-hydrogen) atoms. The van der Waals surface area contributed by atoms with Gasteiger partial charge < -0.3 is 9.53 Å². The molecule has 0 aliphatic heterocycles. The lowest BCUT2D eigenvalue weighted by Gasteiger charge is -2.32. The van der Waals surface area contributed by atoms with Crippen LogP contribution in [0.3, 0.4) is 0 Å². The summed E-state index contributed by atoms with van der Waals surface area (Å²) in [5, 5.41) is 10.4. The van der Waals surface area contributed by atoms with Crippen LogP contribution >= 0.6 is 0 Å². The van der Waals surface area contributed by atoms with E-state index < -0.39 is 8.32 Å². The zero-order valence-electron chi connectivity index (χ0n) is 18.8. The highest BCUT2D eigenvalue weighted by Crippen LogP contribution is 2.26. The van der Waals surface area contributed by atoms with Gasteiger partial charge in [0.05, 0.1) is 12.2 Å². The zero-order valence-corrected chi connectivity index (χ0v) is 19.8. The highest BCUT2D eigenvalue weighted by Gasteiger charge is 2.31. The van der Waals surface area contributed by atoms with E-state index in [2.05, 4.69) is 64.1 Å². The van der Waals surface area contributed by atoms with E-state index in [-0.39, 0.29) is 12.2 Å². The Balaban J connectivity index is 2.54. The van der Waals surface area contributed by atoms with Crippen molar-refractivity contribution in [3.05, 3.63) is 48.0 Å². The van der Waals surface area contributed by atoms with Crippen LogP contribution in [0.4, 0.5) is 0 Å². The Kier molecular flexibility index (Phi) is 13.5. The Labute approximate surface area is 175 Å². The molecule has 0 heterocycles. The summed E-state index contributed by atoms with van der Waals surface area (Å²) in [7, 11) is -1.60. The highest BCUT2D eigenvalue weighted by molar-refractivity contribution is 6.73. The average Bonchev–Trinajstić information content (AvgIpc) is 2.74. The minimum atomic E-state index is -1.60. The van der Waals surface area contributed by atoms with Crippen molar-refractivity contribution in [2.24, 2.45) is 0 Å². The second-order valence-corrected chi connectivity index (χ2v) is 12.8. The topological polar surface area (TPSA) is 29.5 Å². The number of aryl methyl sites for hydroxylation is 1. The van der Waals surface area contributed by atoms with Gasteiger partial charge in [0.2, 0.25) is 0 Å². The monoisotopic (exact) mass is 404 g/mol. The summed E-state index contributed by atoms with van der Waals surface area (Å²) in [4.78, 5) is 0. The molecular weight excluding hydrogens is 360 g/mol. The van der Waals surface area contributed by atoms with E-state index in [1.165, 1.54) is 49.4 Å². The molecule has 0 fully saturated rings. The normalized spacial score (nSPS) is 14.5. The van der Waals surface area contributed by atoms with Crippen molar-refractivity contribution in [3.8, 4) is 0 Å². The van der Waals surface area contributed by atoms with Crippen LogP contribution < -0.4 is 0 Å². The van der Waals surface area contributed by atoms with Gasteiger partial charge in [0.1, 0.15) is 0 Å². The van der Waals surface area contributed by atoms with Crippen LogP contribution in [0.5, 0.6) is 0 Å². The number of benzene rings is 1. The van der Waals surface area contributed by atoms with Gasteiger partial charge >= 0.3 is 0 Å². The molecule has 0 unspecified atom stereocenters. The van der Waals surface area contributed by atoms with E-state index in [0.717, 1.165) is 25.7 Å². The van der Waals surface area contributed by atoms with Gasteiger partial charge in [-0.3, -0.25) is 0 Å². The van der Waals surface area contributed by atoms with Crippen molar-refractivity contribution in [2.45, 2.75) is 109 Å². The Morgan fingerprint density at radius 1 is 0.929 bits per heavy atom. The van der Waals surface area contributed by atoms with Gasteiger partial charge in [-0.25, -0.2) is 0 Å². The van der Waals surface area contributed by atoms with E-state index in [9.17, 15) is 5.11 Å².